The Hall–Kier alpha value is -1.78. The average molecular weight is 240 g/mol. The Labute approximate surface area is 85.1 Å². The molecular formula is C8H2F6N2. The number of nitriles is 1. The first-order chi connectivity index (χ1) is 7.27. The van der Waals surface area contributed by atoms with Gasteiger partial charge in [0.2, 0.25) is 5.95 Å². The zero-order valence-electron chi connectivity index (χ0n) is 7.32. The lowest BCUT2D eigenvalue weighted by Crippen LogP contribution is -2.13. The van der Waals surface area contributed by atoms with Gasteiger partial charge in [-0.15, -0.1) is 0 Å². The third-order valence-corrected chi connectivity index (χ3v) is 1.63. The first-order valence-electron chi connectivity index (χ1n) is 3.73. The zero-order valence-corrected chi connectivity index (χ0v) is 7.32. The Morgan fingerprint density at radius 3 is 2.25 bits per heavy atom. The number of pyridine rings is 1. The monoisotopic (exact) mass is 240 g/mol. The molecule has 86 valence electrons. The van der Waals surface area contributed by atoms with E-state index in [0.717, 1.165) is 6.07 Å². The van der Waals surface area contributed by atoms with Crippen LogP contribution in [0.25, 0.3) is 0 Å². The molecule has 0 N–H and O–H groups in total. The van der Waals surface area contributed by atoms with Gasteiger partial charge in [0.25, 0.3) is 6.43 Å². The van der Waals surface area contributed by atoms with Gasteiger partial charge in [-0.2, -0.15) is 22.8 Å². The minimum Gasteiger partial charge on any atom is -0.213 e. The van der Waals surface area contributed by atoms with Gasteiger partial charge in [0.05, 0.1) is 11.1 Å². The molecule has 0 spiro atoms. The summed E-state index contributed by atoms with van der Waals surface area (Å²) in [5.41, 5.74) is -4.27. The molecule has 16 heavy (non-hydrogen) atoms. The molecule has 8 heteroatoms. The predicted octanol–water partition coefficient (Wildman–Crippen LogP) is 3.05. The van der Waals surface area contributed by atoms with Crippen LogP contribution in [0.1, 0.15) is 23.2 Å². The summed E-state index contributed by atoms with van der Waals surface area (Å²) in [6, 6.07) is 1.19. The van der Waals surface area contributed by atoms with Gasteiger partial charge >= 0.3 is 6.18 Å². The van der Waals surface area contributed by atoms with E-state index in [1.807, 2.05) is 0 Å². The molecule has 1 aromatic rings. The van der Waals surface area contributed by atoms with Gasteiger partial charge < -0.3 is 0 Å². The fourth-order valence-electron chi connectivity index (χ4n) is 0.961. The van der Waals surface area contributed by atoms with Crippen LogP contribution in [0.2, 0.25) is 0 Å². The van der Waals surface area contributed by atoms with Crippen LogP contribution in [0, 0.1) is 17.3 Å². The van der Waals surface area contributed by atoms with E-state index in [-0.39, 0.29) is 6.07 Å². The summed E-state index contributed by atoms with van der Waals surface area (Å²) in [5, 5.41) is 8.32. The van der Waals surface area contributed by atoms with Crippen molar-refractivity contribution < 1.29 is 26.3 Å². The molecule has 1 rings (SSSR count). The first kappa shape index (κ1) is 12.3. The fourth-order valence-corrected chi connectivity index (χ4v) is 0.961. The van der Waals surface area contributed by atoms with Gasteiger partial charge in [-0.1, -0.05) is 0 Å². The van der Waals surface area contributed by atoms with Crippen molar-refractivity contribution in [2.45, 2.75) is 12.6 Å². The SMILES string of the molecule is N#Cc1cc(C(F)F)c(F)nc1C(F)(F)F. The minimum absolute atomic E-state index is 0.149. The van der Waals surface area contributed by atoms with Crippen molar-refractivity contribution in [1.29, 1.82) is 5.26 Å². The summed E-state index contributed by atoms with van der Waals surface area (Å²) < 4.78 is 73.5. The molecule has 0 atom stereocenters. The zero-order chi connectivity index (χ0) is 12.5. The molecule has 0 aliphatic carbocycles. The van der Waals surface area contributed by atoms with Crippen LogP contribution >= 0.6 is 0 Å². The molecule has 0 fully saturated rings. The van der Waals surface area contributed by atoms with Gasteiger partial charge in [0, 0.05) is 0 Å². The lowest BCUT2D eigenvalue weighted by Gasteiger charge is -2.09. The molecule has 0 bridgehead atoms. The Morgan fingerprint density at radius 1 is 1.31 bits per heavy atom. The molecule has 0 amide bonds. The number of aromatic nitrogens is 1. The van der Waals surface area contributed by atoms with Crippen LogP contribution in [-0.4, -0.2) is 4.98 Å². The molecule has 1 aromatic heterocycles. The van der Waals surface area contributed by atoms with Crippen molar-refractivity contribution in [1.82, 2.24) is 4.98 Å². The third-order valence-electron chi connectivity index (χ3n) is 1.63. The van der Waals surface area contributed by atoms with Crippen molar-refractivity contribution in [3.8, 4) is 6.07 Å². The topological polar surface area (TPSA) is 36.7 Å². The van der Waals surface area contributed by atoms with E-state index in [1.165, 1.54) is 0 Å². The van der Waals surface area contributed by atoms with Crippen molar-refractivity contribution in [2.24, 2.45) is 0 Å². The van der Waals surface area contributed by atoms with E-state index >= 15 is 0 Å². The molecule has 0 saturated carbocycles. The van der Waals surface area contributed by atoms with E-state index < -0.39 is 35.4 Å². The second-order valence-electron chi connectivity index (χ2n) is 2.67. The van der Waals surface area contributed by atoms with Gasteiger partial charge in [-0.3, -0.25) is 0 Å². The van der Waals surface area contributed by atoms with Crippen LogP contribution in [0.15, 0.2) is 6.07 Å². The number of hydrogen-bond acceptors (Lipinski definition) is 2. The van der Waals surface area contributed by atoms with Crippen LogP contribution in [0.4, 0.5) is 26.3 Å². The van der Waals surface area contributed by atoms with E-state index in [0.29, 0.717) is 0 Å². The number of hydrogen-bond donors (Lipinski definition) is 0. The molecule has 0 unspecified atom stereocenters. The van der Waals surface area contributed by atoms with Crippen LogP contribution in [0.5, 0.6) is 0 Å². The fraction of sp³-hybridized carbons (Fsp3) is 0.250. The first-order valence-corrected chi connectivity index (χ1v) is 3.73. The average Bonchev–Trinajstić information content (AvgIpc) is 2.15. The highest BCUT2D eigenvalue weighted by Gasteiger charge is 2.37. The van der Waals surface area contributed by atoms with Crippen molar-refractivity contribution in [3.05, 3.63) is 28.8 Å². The minimum atomic E-state index is -5.06. The molecule has 2 nitrogen and oxygen atoms in total. The van der Waals surface area contributed by atoms with E-state index in [4.69, 9.17) is 5.26 Å². The van der Waals surface area contributed by atoms with Gasteiger partial charge in [0.1, 0.15) is 6.07 Å². The second-order valence-corrected chi connectivity index (χ2v) is 2.67. The largest absolute Gasteiger partial charge is 0.434 e. The summed E-state index contributed by atoms with van der Waals surface area (Å²) in [4.78, 5) is 2.34. The van der Waals surface area contributed by atoms with Gasteiger partial charge in [-0.05, 0) is 6.07 Å². The second kappa shape index (κ2) is 4.00. The number of alkyl halides is 5. The Balaban J connectivity index is 3.46. The summed E-state index contributed by atoms with van der Waals surface area (Å²) in [6.07, 6.45) is -8.39. The quantitative estimate of drug-likeness (QED) is 0.558. The van der Waals surface area contributed by atoms with Crippen molar-refractivity contribution in [2.75, 3.05) is 0 Å². The standard InChI is InChI=1S/C8H2F6N2/c9-6(10)4-1-3(2-15)5(8(12,13)14)16-7(4)11/h1,6H. The Kier molecular flexibility index (Phi) is 3.07. The third kappa shape index (κ3) is 2.24. The molecule has 0 radical (unpaired) electrons. The highest BCUT2D eigenvalue weighted by molar-refractivity contribution is 5.38. The van der Waals surface area contributed by atoms with Gasteiger partial charge in [0.15, 0.2) is 5.69 Å². The van der Waals surface area contributed by atoms with E-state index in [2.05, 4.69) is 4.98 Å². The summed E-state index contributed by atoms with van der Waals surface area (Å²) in [6.45, 7) is 0. The highest BCUT2D eigenvalue weighted by atomic mass is 19.4. The lowest BCUT2D eigenvalue weighted by atomic mass is 10.1. The highest BCUT2D eigenvalue weighted by Crippen LogP contribution is 2.32. The summed E-state index contributed by atoms with van der Waals surface area (Å²) >= 11 is 0. The summed E-state index contributed by atoms with van der Waals surface area (Å²) in [5.74, 6) is -1.93. The molecular weight excluding hydrogens is 238 g/mol. The van der Waals surface area contributed by atoms with E-state index in [9.17, 15) is 26.3 Å². The smallest absolute Gasteiger partial charge is 0.213 e. The molecule has 0 aliphatic heterocycles. The lowest BCUT2D eigenvalue weighted by molar-refractivity contribution is -0.141. The van der Waals surface area contributed by atoms with Gasteiger partial charge in [-0.25, -0.2) is 13.8 Å². The predicted molar refractivity (Wildman–Crippen MR) is 38.9 cm³/mol. The molecule has 0 saturated heterocycles. The van der Waals surface area contributed by atoms with Crippen molar-refractivity contribution >= 4 is 0 Å². The van der Waals surface area contributed by atoms with Crippen molar-refractivity contribution in [3.63, 3.8) is 0 Å². The van der Waals surface area contributed by atoms with Crippen LogP contribution in [-0.2, 0) is 6.18 Å². The maximum Gasteiger partial charge on any atom is 0.434 e. The Morgan fingerprint density at radius 2 is 1.88 bits per heavy atom. The van der Waals surface area contributed by atoms with Crippen LogP contribution < -0.4 is 0 Å². The molecule has 0 aliphatic rings. The number of rotatable bonds is 1. The number of halogens is 6. The summed E-state index contributed by atoms with van der Waals surface area (Å²) in [7, 11) is 0. The normalized spacial score (nSPS) is 11.6. The number of nitrogens with zero attached hydrogens (tertiary/aromatic N) is 2. The molecule has 0 aromatic carbocycles. The molecule has 1 heterocycles. The van der Waals surface area contributed by atoms with Crippen LogP contribution in [0.3, 0.4) is 0 Å². The Bertz CT molecular complexity index is 445. The maximum absolute atomic E-state index is 12.7. The van der Waals surface area contributed by atoms with E-state index in [1.54, 1.807) is 0 Å². The maximum atomic E-state index is 12.7.